The second-order valence-corrected chi connectivity index (χ2v) is 9.22. The summed E-state index contributed by atoms with van der Waals surface area (Å²) >= 11 is 3.39. The molecule has 1 aliphatic heterocycles. The number of fused-ring (bicyclic) bond motifs is 1. The van der Waals surface area contributed by atoms with Crippen LogP contribution in [0.1, 0.15) is 41.9 Å². The number of ether oxygens (including phenoxy) is 2. The SMILES string of the molecule is CCc1cc(O[C@@H]2CCOC2)c(F)c(C(c2cc3cc(N)ccc3c(N)n2)c2nc(Br)c[nH]2)c1. The molecule has 34 heavy (non-hydrogen) atoms. The summed E-state index contributed by atoms with van der Waals surface area (Å²) in [5.74, 6) is -0.0136. The molecule has 1 aliphatic rings. The molecule has 3 heterocycles. The fourth-order valence-electron chi connectivity index (χ4n) is 4.34. The maximum absolute atomic E-state index is 16.1. The predicted octanol–water partition coefficient (Wildman–Crippen LogP) is 4.93. The number of nitrogen functional groups attached to an aromatic ring is 2. The molecular weight excluding hydrogens is 501 g/mol. The number of benzene rings is 2. The molecule has 9 heteroatoms. The van der Waals surface area contributed by atoms with Crippen molar-refractivity contribution in [3.05, 3.63) is 75.7 Å². The number of aromatic nitrogens is 3. The summed E-state index contributed by atoms with van der Waals surface area (Å²) in [5, 5.41) is 1.61. The minimum absolute atomic E-state index is 0.178. The zero-order chi connectivity index (χ0) is 23.8. The van der Waals surface area contributed by atoms with Crippen molar-refractivity contribution in [2.45, 2.75) is 31.8 Å². The van der Waals surface area contributed by atoms with E-state index in [9.17, 15) is 0 Å². The lowest BCUT2D eigenvalue weighted by atomic mass is 9.90. The van der Waals surface area contributed by atoms with Gasteiger partial charge in [0.25, 0.3) is 0 Å². The van der Waals surface area contributed by atoms with Crippen LogP contribution in [0, 0.1) is 5.82 Å². The molecule has 176 valence electrons. The molecule has 1 saturated heterocycles. The second kappa shape index (κ2) is 9.23. The molecule has 2 atom stereocenters. The molecule has 0 aliphatic carbocycles. The number of hydrogen-bond acceptors (Lipinski definition) is 6. The van der Waals surface area contributed by atoms with Crippen molar-refractivity contribution in [3.63, 3.8) is 0 Å². The average molecular weight is 526 g/mol. The van der Waals surface area contributed by atoms with E-state index in [0.717, 1.165) is 22.8 Å². The van der Waals surface area contributed by atoms with Crippen LogP contribution in [0.15, 0.2) is 47.2 Å². The fraction of sp³-hybridized carbons (Fsp3) is 0.280. The Hall–Kier alpha value is -3.17. The first kappa shape index (κ1) is 22.6. The summed E-state index contributed by atoms with van der Waals surface area (Å²) in [6.07, 6.45) is 2.97. The highest BCUT2D eigenvalue weighted by Crippen LogP contribution is 2.38. The normalized spacial score (nSPS) is 16.7. The van der Waals surface area contributed by atoms with E-state index < -0.39 is 11.7 Å². The minimum atomic E-state index is -0.645. The number of aromatic amines is 1. The highest BCUT2D eigenvalue weighted by atomic mass is 79.9. The van der Waals surface area contributed by atoms with Crippen LogP contribution in [0.5, 0.6) is 5.75 Å². The molecule has 2 aromatic heterocycles. The zero-order valence-electron chi connectivity index (χ0n) is 18.6. The molecule has 0 spiro atoms. The van der Waals surface area contributed by atoms with E-state index in [-0.39, 0.29) is 11.9 Å². The summed E-state index contributed by atoms with van der Waals surface area (Å²) in [7, 11) is 0. The van der Waals surface area contributed by atoms with Gasteiger partial charge in [-0.25, -0.2) is 14.4 Å². The van der Waals surface area contributed by atoms with E-state index in [1.807, 2.05) is 31.2 Å². The molecule has 0 radical (unpaired) electrons. The third-order valence-electron chi connectivity index (χ3n) is 6.07. The van der Waals surface area contributed by atoms with Gasteiger partial charge in [0.15, 0.2) is 11.6 Å². The Morgan fingerprint density at radius 3 is 2.79 bits per heavy atom. The lowest BCUT2D eigenvalue weighted by Gasteiger charge is -2.21. The van der Waals surface area contributed by atoms with Gasteiger partial charge >= 0.3 is 0 Å². The van der Waals surface area contributed by atoms with Crippen molar-refractivity contribution in [2.75, 3.05) is 24.7 Å². The Labute approximate surface area is 204 Å². The third-order valence-corrected chi connectivity index (χ3v) is 6.47. The number of aryl methyl sites for hydroxylation is 1. The van der Waals surface area contributed by atoms with Gasteiger partial charge in [0.2, 0.25) is 0 Å². The number of H-pyrrole nitrogens is 1. The number of nitrogens with two attached hydrogens (primary N) is 2. The molecule has 0 amide bonds. The topological polar surface area (TPSA) is 112 Å². The van der Waals surface area contributed by atoms with Crippen molar-refractivity contribution in [1.82, 2.24) is 15.0 Å². The van der Waals surface area contributed by atoms with Crippen molar-refractivity contribution in [1.29, 1.82) is 0 Å². The van der Waals surface area contributed by atoms with Crippen LogP contribution in [0.25, 0.3) is 10.8 Å². The van der Waals surface area contributed by atoms with Gasteiger partial charge in [0.1, 0.15) is 22.3 Å². The van der Waals surface area contributed by atoms with E-state index in [2.05, 4.69) is 30.9 Å². The monoisotopic (exact) mass is 525 g/mol. The van der Waals surface area contributed by atoms with Crippen LogP contribution in [-0.2, 0) is 11.2 Å². The standard InChI is InChI=1S/C25H25BrFN5O2/c1-2-13-7-18(23(27)20(8-13)34-16-5-6-33-12-16)22(25-30-11-21(26)32-25)19-10-14-9-15(28)3-4-17(14)24(29)31-19/h3-4,7-11,16,22H,2,5-6,12,28H2,1H3,(H2,29,31)(H,30,32)/t16-,22?/m1/s1. The third kappa shape index (κ3) is 4.33. The Bertz CT molecular complexity index is 1350. The van der Waals surface area contributed by atoms with Gasteiger partial charge in [0.05, 0.1) is 24.8 Å². The van der Waals surface area contributed by atoms with Crippen molar-refractivity contribution < 1.29 is 13.9 Å². The van der Waals surface area contributed by atoms with E-state index in [4.69, 9.17) is 20.9 Å². The van der Waals surface area contributed by atoms with Gasteiger partial charge in [-0.05, 0) is 63.6 Å². The van der Waals surface area contributed by atoms with Crippen LogP contribution in [0.3, 0.4) is 0 Å². The molecule has 5 rings (SSSR count). The highest BCUT2D eigenvalue weighted by molar-refractivity contribution is 9.10. The van der Waals surface area contributed by atoms with E-state index in [0.29, 0.717) is 52.8 Å². The summed E-state index contributed by atoms with van der Waals surface area (Å²) in [4.78, 5) is 12.4. The van der Waals surface area contributed by atoms with E-state index in [1.165, 1.54) is 0 Å². The van der Waals surface area contributed by atoms with Crippen LogP contribution < -0.4 is 16.2 Å². The quantitative estimate of drug-likeness (QED) is 0.307. The predicted molar refractivity (Wildman–Crippen MR) is 133 cm³/mol. The van der Waals surface area contributed by atoms with Gasteiger partial charge in [0, 0.05) is 29.3 Å². The Kier molecular flexibility index (Phi) is 6.14. The fourth-order valence-corrected chi connectivity index (χ4v) is 4.65. The second-order valence-electron chi connectivity index (χ2n) is 8.41. The molecular formula is C25H25BrFN5O2. The van der Waals surface area contributed by atoms with Gasteiger partial charge in [-0.1, -0.05) is 13.0 Å². The Balaban J connectivity index is 1.70. The smallest absolute Gasteiger partial charge is 0.169 e. The lowest BCUT2D eigenvalue weighted by molar-refractivity contribution is 0.138. The van der Waals surface area contributed by atoms with Crippen LogP contribution in [0.4, 0.5) is 15.9 Å². The van der Waals surface area contributed by atoms with Crippen LogP contribution >= 0.6 is 15.9 Å². The molecule has 4 aromatic rings. The summed E-state index contributed by atoms with van der Waals surface area (Å²) in [5.41, 5.74) is 14.8. The first-order chi connectivity index (χ1) is 16.4. The molecule has 5 N–H and O–H groups in total. The van der Waals surface area contributed by atoms with Crippen LogP contribution in [-0.4, -0.2) is 34.3 Å². The number of halogens is 2. The number of rotatable bonds is 6. The molecule has 0 saturated carbocycles. The molecule has 1 fully saturated rings. The first-order valence-corrected chi connectivity index (χ1v) is 12.0. The van der Waals surface area contributed by atoms with E-state index in [1.54, 1.807) is 18.3 Å². The molecule has 1 unspecified atom stereocenters. The number of pyridine rings is 1. The first-order valence-electron chi connectivity index (χ1n) is 11.2. The zero-order valence-corrected chi connectivity index (χ0v) is 20.2. The Morgan fingerprint density at radius 1 is 1.24 bits per heavy atom. The van der Waals surface area contributed by atoms with Gasteiger partial charge in [-0.3, -0.25) is 0 Å². The summed E-state index contributed by atoms with van der Waals surface area (Å²) in [6, 6.07) is 10.9. The lowest BCUT2D eigenvalue weighted by Crippen LogP contribution is -2.18. The largest absolute Gasteiger partial charge is 0.485 e. The molecule has 2 aromatic carbocycles. The Morgan fingerprint density at radius 2 is 2.09 bits per heavy atom. The van der Waals surface area contributed by atoms with Gasteiger partial charge in [-0.15, -0.1) is 0 Å². The molecule has 0 bridgehead atoms. The average Bonchev–Trinajstić information content (AvgIpc) is 3.48. The highest BCUT2D eigenvalue weighted by Gasteiger charge is 2.29. The number of nitrogens with one attached hydrogen (secondary N) is 1. The van der Waals surface area contributed by atoms with Crippen molar-refractivity contribution in [2.24, 2.45) is 0 Å². The van der Waals surface area contributed by atoms with Gasteiger partial charge in [-0.2, -0.15) is 0 Å². The molecule has 7 nitrogen and oxygen atoms in total. The number of imidazole rings is 1. The number of anilines is 2. The summed E-state index contributed by atoms with van der Waals surface area (Å²) < 4.78 is 28.1. The van der Waals surface area contributed by atoms with Crippen LogP contribution in [0.2, 0.25) is 0 Å². The maximum Gasteiger partial charge on any atom is 0.169 e. The minimum Gasteiger partial charge on any atom is -0.485 e. The maximum atomic E-state index is 16.1. The van der Waals surface area contributed by atoms with E-state index >= 15 is 4.39 Å². The summed E-state index contributed by atoms with van der Waals surface area (Å²) in [6.45, 7) is 3.08. The van der Waals surface area contributed by atoms with Crippen molar-refractivity contribution in [3.8, 4) is 5.75 Å². The van der Waals surface area contributed by atoms with Gasteiger partial charge < -0.3 is 25.9 Å². The number of nitrogens with zero attached hydrogens (tertiary/aromatic N) is 2. The van der Waals surface area contributed by atoms with Crippen molar-refractivity contribution >= 4 is 38.2 Å². The number of hydrogen-bond donors (Lipinski definition) is 3.